The van der Waals surface area contributed by atoms with Gasteiger partial charge in [0, 0.05) is 11.1 Å². The SMILES string of the molecule is CCCCOc1ccc(C(=O)C2=COCCC2)cc1. The van der Waals surface area contributed by atoms with Crippen LogP contribution in [0.25, 0.3) is 0 Å². The molecule has 0 amide bonds. The van der Waals surface area contributed by atoms with Crippen LogP contribution in [0.2, 0.25) is 0 Å². The van der Waals surface area contributed by atoms with Gasteiger partial charge in [0.15, 0.2) is 5.78 Å². The van der Waals surface area contributed by atoms with Crippen LogP contribution in [-0.4, -0.2) is 19.0 Å². The minimum atomic E-state index is 0.0554. The molecule has 0 saturated carbocycles. The van der Waals surface area contributed by atoms with Gasteiger partial charge in [0.25, 0.3) is 0 Å². The number of hydrogen-bond acceptors (Lipinski definition) is 3. The first-order valence-corrected chi connectivity index (χ1v) is 6.89. The van der Waals surface area contributed by atoms with Crippen molar-refractivity contribution >= 4 is 5.78 Å². The maximum absolute atomic E-state index is 12.2. The summed E-state index contributed by atoms with van der Waals surface area (Å²) in [7, 11) is 0. The number of ketones is 1. The molecule has 1 aromatic carbocycles. The maximum atomic E-state index is 12.2. The Labute approximate surface area is 114 Å². The van der Waals surface area contributed by atoms with Crippen molar-refractivity contribution < 1.29 is 14.3 Å². The molecule has 0 radical (unpaired) electrons. The molecule has 102 valence electrons. The van der Waals surface area contributed by atoms with Gasteiger partial charge >= 0.3 is 0 Å². The Morgan fingerprint density at radius 3 is 2.74 bits per heavy atom. The molecule has 0 unspecified atom stereocenters. The lowest BCUT2D eigenvalue weighted by Crippen LogP contribution is -2.09. The summed E-state index contributed by atoms with van der Waals surface area (Å²) in [5, 5.41) is 0. The van der Waals surface area contributed by atoms with Crippen LogP contribution in [0.15, 0.2) is 36.1 Å². The molecule has 0 bridgehead atoms. The summed E-state index contributed by atoms with van der Waals surface area (Å²) >= 11 is 0. The van der Waals surface area contributed by atoms with Gasteiger partial charge in [-0.15, -0.1) is 0 Å². The predicted molar refractivity (Wildman–Crippen MR) is 74.4 cm³/mol. The van der Waals surface area contributed by atoms with Crippen LogP contribution in [0.3, 0.4) is 0 Å². The van der Waals surface area contributed by atoms with E-state index in [-0.39, 0.29) is 5.78 Å². The Balaban J connectivity index is 1.97. The summed E-state index contributed by atoms with van der Waals surface area (Å²) in [6, 6.07) is 7.35. The summed E-state index contributed by atoms with van der Waals surface area (Å²) in [5.74, 6) is 0.874. The van der Waals surface area contributed by atoms with Crippen LogP contribution in [0, 0.1) is 0 Å². The highest BCUT2D eigenvalue weighted by Crippen LogP contribution is 2.19. The fraction of sp³-hybridized carbons (Fsp3) is 0.438. The summed E-state index contributed by atoms with van der Waals surface area (Å²) in [6.07, 6.45) is 5.47. The Hall–Kier alpha value is -1.77. The third kappa shape index (κ3) is 3.85. The molecule has 3 nitrogen and oxygen atoms in total. The highest BCUT2D eigenvalue weighted by Gasteiger charge is 2.15. The molecular formula is C16H20O3. The van der Waals surface area contributed by atoms with E-state index in [1.165, 1.54) is 0 Å². The van der Waals surface area contributed by atoms with Gasteiger partial charge in [-0.05, 0) is 43.5 Å². The molecule has 2 rings (SSSR count). The van der Waals surface area contributed by atoms with Crippen LogP contribution >= 0.6 is 0 Å². The van der Waals surface area contributed by atoms with Crippen molar-refractivity contribution in [1.29, 1.82) is 0 Å². The highest BCUT2D eigenvalue weighted by molar-refractivity contribution is 6.08. The first-order valence-electron chi connectivity index (χ1n) is 6.89. The van der Waals surface area contributed by atoms with Gasteiger partial charge in [0.2, 0.25) is 0 Å². The van der Waals surface area contributed by atoms with Gasteiger partial charge in [-0.25, -0.2) is 0 Å². The van der Waals surface area contributed by atoms with Crippen LogP contribution in [0.1, 0.15) is 43.0 Å². The second-order valence-electron chi connectivity index (χ2n) is 4.67. The van der Waals surface area contributed by atoms with Gasteiger partial charge in [-0.2, -0.15) is 0 Å². The standard InChI is InChI=1S/C16H20O3/c1-2-3-11-19-15-8-6-13(7-9-15)16(17)14-5-4-10-18-12-14/h6-9,12H,2-5,10-11H2,1H3. The highest BCUT2D eigenvalue weighted by atomic mass is 16.5. The summed E-state index contributed by atoms with van der Waals surface area (Å²) in [4.78, 5) is 12.2. The van der Waals surface area contributed by atoms with Crippen molar-refractivity contribution in [1.82, 2.24) is 0 Å². The van der Waals surface area contributed by atoms with Gasteiger partial charge in [-0.1, -0.05) is 13.3 Å². The van der Waals surface area contributed by atoms with Crippen LogP contribution in [0.4, 0.5) is 0 Å². The maximum Gasteiger partial charge on any atom is 0.192 e. The number of hydrogen-bond donors (Lipinski definition) is 0. The van der Waals surface area contributed by atoms with Gasteiger partial charge in [0.1, 0.15) is 5.75 Å². The van der Waals surface area contributed by atoms with E-state index in [0.29, 0.717) is 12.2 Å². The minimum Gasteiger partial charge on any atom is -0.501 e. The minimum absolute atomic E-state index is 0.0554. The van der Waals surface area contributed by atoms with E-state index in [0.717, 1.165) is 43.6 Å². The molecule has 0 saturated heterocycles. The molecule has 1 heterocycles. The second-order valence-corrected chi connectivity index (χ2v) is 4.67. The fourth-order valence-electron chi connectivity index (χ4n) is 1.95. The number of benzene rings is 1. The van der Waals surface area contributed by atoms with E-state index in [2.05, 4.69) is 6.92 Å². The molecular weight excluding hydrogens is 240 g/mol. The van der Waals surface area contributed by atoms with Gasteiger partial charge in [-0.3, -0.25) is 4.79 Å². The second kappa shape index (κ2) is 6.98. The molecule has 1 aliphatic rings. The molecule has 19 heavy (non-hydrogen) atoms. The molecule has 1 aromatic rings. The zero-order valence-electron chi connectivity index (χ0n) is 11.4. The monoisotopic (exact) mass is 260 g/mol. The third-order valence-electron chi connectivity index (χ3n) is 3.11. The van der Waals surface area contributed by atoms with Crippen LogP contribution < -0.4 is 4.74 Å². The number of carbonyl (C=O) groups is 1. The third-order valence-corrected chi connectivity index (χ3v) is 3.11. The molecule has 0 aromatic heterocycles. The average molecular weight is 260 g/mol. The Bertz CT molecular complexity index is 446. The lowest BCUT2D eigenvalue weighted by atomic mass is 10.00. The van der Waals surface area contributed by atoms with Crippen molar-refractivity contribution in [2.45, 2.75) is 32.6 Å². The summed E-state index contributed by atoms with van der Waals surface area (Å²) < 4.78 is 10.8. The van der Waals surface area contributed by atoms with Crippen molar-refractivity contribution in [3.8, 4) is 5.75 Å². The van der Waals surface area contributed by atoms with E-state index in [1.807, 2.05) is 24.3 Å². The molecule has 0 aliphatic carbocycles. The Morgan fingerprint density at radius 2 is 2.11 bits per heavy atom. The predicted octanol–water partition coefficient (Wildman–Crippen LogP) is 3.74. The Kier molecular flexibility index (Phi) is 5.01. The van der Waals surface area contributed by atoms with Gasteiger partial charge in [0.05, 0.1) is 19.5 Å². The number of ether oxygens (including phenoxy) is 2. The largest absolute Gasteiger partial charge is 0.501 e. The summed E-state index contributed by atoms with van der Waals surface area (Å²) in [6.45, 7) is 3.56. The first-order chi connectivity index (χ1) is 9.31. The number of rotatable bonds is 6. The van der Waals surface area contributed by atoms with Crippen LogP contribution in [0.5, 0.6) is 5.75 Å². The van der Waals surface area contributed by atoms with E-state index >= 15 is 0 Å². The van der Waals surface area contributed by atoms with E-state index in [4.69, 9.17) is 9.47 Å². The molecule has 1 aliphatic heterocycles. The molecule has 0 atom stereocenters. The Morgan fingerprint density at radius 1 is 1.32 bits per heavy atom. The van der Waals surface area contributed by atoms with Crippen molar-refractivity contribution in [2.75, 3.05) is 13.2 Å². The number of unbranched alkanes of at least 4 members (excludes halogenated alkanes) is 1. The van der Waals surface area contributed by atoms with Gasteiger partial charge < -0.3 is 9.47 Å². The van der Waals surface area contributed by atoms with Crippen molar-refractivity contribution in [3.05, 3.63) is 41.7 Å². The number of allylic oxidation sites excluding steroid dienone is 1. The zero-order valence-corrected chi connectivity index (χ0v) is 11.4. The summed E-state index contributed by atoms with van der Waals surface area (Å²) in [5.41, 5.74) is 1.45. The van der Waals surface area contributed by atoms with E-state index in [9.17, 15) is 4.79 Å². The van der Waals surface area contributed by atoms with Crippen LogP contribution in [-0.2, 0) is 4.74 Å². The zero-order chi connectivity index (χ0) is 13.5. The van der Waals surface area contributed by atoms with Crippen molar-refractivity contribution in [3.63, 3.8) is 0 Å². The molecule has 0 fully saturated rings. The molecule has 0 spiro atoms. The molecule has 3 heteroatoms. The average Bonchev–Trinajstić information content (AvgIpc) is 2.48. The topological polar surface area (TPSA) is 35.5 Å². The van der Waals surface area contributed by atoms with E-state index < -0.39 is 0 Å². The smallest absolute Gasteiger partial charge is 0.192 e. The first kappa shape index (κ1) is 13.7. The lowest BCUT2D eigenvalue weighted by Gasteiger charge is -2.13. The van der Waals surface area contributed by atoms with E-state index in [1.54, 1.807) is 6.26 Å². The number of carbonyl (C=O) groups excluding carboxylic acids is 1. The molecule has 0 N–H and O–H groups in total. The normalized spacial score (nSPS) is 14.5. The van der Waals surface area contributed by atoms with Crippen molar-refractivity contribution in [2.24, 2.45) is 0 Å². The lowest BCUT2D eigenvalue weighted by molar-refractivity contribution is 0.101. The quantitative estimate of drug-likeness (QED) is 0.577. The fourth-order valence-corrected chi connectivity index (χ4v) is 1.95. The number of Topliss-reactive ketones (excluding diaryl/α,β-unsaturated/α-hetero) is 1.